The number of aromatic nitrogens is 5. The van der Waals surface area contributed by atoms with E-state index in [1.54, 1.807) is 34.1 Å². The molecule has 0 unspecified atom stereocenters. The molecule has 7 nitrogen and oxygen atoms in total. The number of hydrogen-bond acceptors (Lipinski definition) is 6. The third-order valence-electron chi connectivity index (χ3n) is 4.07. The molecule has 10 heteroatoms. The molecule has 0 aliphatic rings. The molecule has 0 saturated carbocycles. The van der Waals surface area contributed by atoms with E-state index in [9.17, 15) is 13.2 Å². The minimum absolute atomic E-state index is 0.217. The van der Waals surface area contributed by atoms with Gasteiger partial charge in [0.2, 0.25) is 0 Å². The van der Waals surface area contributed by atoms with E-state index in [0.717, 1.165) is 12.3 Å². The van der Waals surface area contributed by atoms with Crippen molar-refractivity contribution in [3.05, 3.63) is 67.0 Å². The summed E-state index contributed by atoms with van der Waals surface area (Å²) in [6.45, 7) is 6.47. The highest BCUT2D eigenvalue weighted by molar-refractivity contribution is 5.75. The Morgan fingerprint density at radius 1 is 1.29 bits per heavy atom. The first kappa shape index (κ1) is 19.3. The average Bonchev–Trinajstić information content (AvgIpc) is 3.03. The second-order valence-electron chi connectivity index (χ2n) is 5.82. The number of imidazole rings is 1. The van der Waals surface area contributed by atoms with Gasteiger partial charge in [-0.2, -0.15) is 13.2 Å². The Morgan fingerprint density at radius 2 is 2.00 bits per heavy atom. The second kappa shape index (κ2) is 7.67. The zero-order valence-electron chi connectivity index (χ0n) is 15.1. The van der Waals surface area contributed by atoms with Crippen LogP contribution in [0.4, 0.5) is 13.2 Å². The van der Waals surface area contributed by atoms with Crippen LogP contribution in [0.15, 0.2) is 49.7 Å². The summed E-state index contributed by atoms with van der Waals surface area (Å²) < 4.78 is 40.7. The SMILES string of the molecule is C=C(c1ncccn1)N(/C=C\N)Cc1nc2cnc(C(F)(F)F)cc2n1CC. The van der Waals surface area contributed by atoms with Gasteiger partial charge < -0.3 is 15.2 Å². The van der Waals surface area contributed by atoms with Crippen molar-refractivity contribution in [2.45, 2.75) is 26.2 Å². The molecule has 28 heavy (non-hydrogen) atoms. The second-order valence-corrected chi connectivity index (χ2v) is 5.82. The number of rotatable bonds is 6. The molecule has 0 aromatic carbocycles. The number of fused-ring (bicyclic) bond motifs is 1. The topological polar surface area (TPSA) is 85.8 Å². The summed E-state index contributed by atoms with van der Waals surface area (Å²) >= 11 is 0. The van der Waals surface area contributed by atoms with E-state index in [-0.39, 0.29) is 6.54 Å². The number of alkyl halides is 3. The molecule has 0 saturated heterocycles. The fourth-order valence-corrected chi connectivity index (χ4v) is 2.78. The lowest BCUT2D eigenvalue weighted by Gasteiger charge is -2.21. The Labute approximate surface area is 159 Å². The molecule has 0 bridgehead atoms. The minimum Gasteiger partial charge on any atom is -0.403 e. The third kappa shape index (κ3) is 3.80. The molecule has 0 spiro atoms. The van der Waals surface area contributed by atoms with Gasteiger partial charge in [-0.3, -0.25) is 0 Å². The van der Waals surface area contributed by atoms with Crippen molar-refractivity contribution in [3.63, 3.8) is 0 Å². The summed E-state index contributed by atoms with van der Waals surface area (Å²) in [7, 11) is 0. The normalized spacial score (nSPS) is 12.0. The molecule has 2 N–H and O–H groups in total. The summed E-state index contributed by atoms with van der Waals surface area (Å²) in [6.07, 6.45) is 2.69. The number of pyridine rings is 1. The molecule has 3 aromatic rings. The standard InChI is InChI=1S/C18H18F3N7/c1-3-28-14-9-15(18(19,20)21)25-10-13(14)26-16(28)11-27(8-5-22)12(2)17-23-6-4-7-24-17/h4-10H,2-3,11,22H2,1H3/b8-5-. The van der Waals surface area contributed by atoms with Crippen LogP contribution in [0, 0.1) is 0 Å². The molecule has 0 aliphatic carbocycles. The van der Waals surface area contributed by atoms with Gasteiger partial charge in [-0.05, 0) is 19.1 Å². The summed E-state index contributed by atoms with van der Waals surface area (Å²) in [6, 6.07) is 2.69. The largest absolute Gasteiger partial charge is 0.433 e. The summed E-state index contributed by atoms with van der Waals surface area (Å²) in [5.74, 6) is 0.939. The molecule has 146 valence electrons. The molecule has 3 heterocycles. The predicted molar refractivity (Wildman–Crippen MR) is 98.1 cm³/mol. The maximum Gasteiger partial charge on any atom is 0.433 e. The molecule has 3 aromatic heterocycles. The van der Waals surface area contributed by atoms with Crippen LogP contribution < -0.4 is 5.73 Å². The van der Waals surface area contributed by atoms with Gasteiger partial charge in [0.1, 0.15) is 17.0 Å². The van der Waals surface area contributed by atoms with Crippen molar-refractivity contribution in [1.82, 2.24) is 29.4 Å². The van der Waals surface area contributed by atoms with Gasteiger partial charge in [-0.1, -0.05) is 6.58 Å². The number of nitrogens with two attached hydrogens (primary N) is 1. The highest BCUT2D eigenvalue weighted by Gasteiger charge is 2.33. The van der Waals surface area contributed by atoms with Crippen LogP contribution in [-0.2, 0) is 19.3 Å². The summed E-state index contributed by atoms with van der Waals surface area (Å²) in [5, 5.41) is 0. The van der Waals surface area contributed by atoms with Gasteiger partial charge in [0, 0.05) is 31.3 Å². The first-order chi connectivity index (χ1) is 13.3. The molecule has 0 fully saturated rings. The van der Waals surface area contributed by atoms with E-state index in [4.69, 9.17) is 5.73 Å². The van der Waals surface area contributed by atoms with Gasteiger partial charge >= 0.3 is 6.18 Å². The lowest BCUT2D eigenvalue weighted by Crippen LogP contribution is -2.19. The first-order valence-electron chi connectivity index (χ1n) is 8.38. The average molecular weight is 389 g/mol. The van der Waals surface area contributed by atoms with Crippen molar-refractivity contribution in [2.24, 2.45) is 5.73 Å². The minimum atomic E-state index is -4.52. The Bertz CT molecular complexity index is 1010. The van der Waals surface area contributed by atoms with E-state index >= 15 is 0 Å². The van der Waals surface area contributed by atoms with E-state index < -0.39 is 11.9 Å². The van der Waals surface area contributed by atoms with Crippen molar-refractivity contribution < 1.29 is 13.2 Å². The molecular formula is C18H18F3N7. The molecule has 0 aliphatic heterocycles. The monoisotopic (exact) mass is 389 g/mol. The van der Waals surface area contributed by atoms with Crippen LogP contribution in [-0.4, -0.2) is 29.4 Å². The number of hydrogen-bond donors (Lipinski definition) is 1. The zero-order valence-corrected chi connectivity index (χ0v) is 15.1. The van der Waals surface area contributed by atoms with Crippen molar-refractivity contribution in [3.8, 4) is 0 Å². The van der Waals surface area contributed by atoms with E-state index in [1.807, 2.05) is 6.92 Å². The lowest BCUT2D eigenvalue weighted by atomic mass is 10.3. The maximum atomic E-state index is 13.0. The van der Waals surface area contributed by atoms with Crippen molar-refractivity contribution >= 4 is 16.7 Å². The summed E-state index contributed by atoms with van der Waals surface area (Å²) in [5.41, 5.74) is 5.80. The molecule has 0 radical (unpaired) electrons. The van der Waals surface area contributed by atoms with Gasteiger partial charge in [0.05, 0.1) is 24.0 Å². The number of nitrogens with zero attached hydrogens (tertiary/aromatic N) is 6. The van der Waals surface area contributed by atoms with Crippen LogP contribution in [0.5, 0.6) is 0 Å². The van der Waals surface area contributed by atoms with Crippen molar-refractivity contribution in [1.29, 1.82) is 0 Å². The smallest absolute Gasteiger partial charge is 0.403 e. The van der Waals surface area contributed by atoms with Gasteiger partial charge in [0.15, 0.2) is 5.82 Å². The molecular weight excluding hydrogens is 371 g/mol. The van der Waals surface area contributed by atoms with Crippen LogP contribution in [0.2, 0.25) is 0 Å². The number of aryl methyl sites for hydroxylation is 1. The molecule has 0 atom stereocenters. The van der Waals surface area contributed by atoms with E-state index in [2.05, 4.69) is 26.5 Å². The van der Waals surface area contributed by atoms with E-state index in [1.165, 1.54) is 6.20 Å². The Balaban J connectivity index is 2.00. The lowest BCUT2D eigenvalue weighted by molar-refractivity contribution is -0.141. The fraction of sp³-hybridized carbons (Fsp3) is 0.222. The number of halogens is 3. The summed E-state index contributed by atoms with van der Waals surface area (Å²) in [4.78, 5) is 17.9. The highest BCUT2D eigenvalue weighted by atomic mass is 19.4. The van der Waals surface area contributed by atoms with Crippen LogP contribution in [0.3, 0.4) is 0 Å². The quantitative estimate of drug-likeness (QED) is 0.697. The maximum absolute atomic E-state index is 13.0. The van der Waals surface area contributed by atoms with Crippen LogP contribution in [0.1, 0.15) is 24.3 Å². The van der Waals surface area contributed by atoms with Crippen LogP contribution >= 0.6 is 0 Å². The Kier molecular flexibility index (Phi) is 5.30. The highest BCUT2D eigenvalue weighted by Crippen LogP contribution is 2.30. The molecule has 0 amide bonds. The Morgan fingerprint density at radius 3 is 2.61 bits per heavy atom. The zero-order chi connectivity index (χ0) is 20.3. The van der Waals surface area contributed by atoms with E-state index in [0.29, 0.717) is 34.9 Å². The first-order valence-corrected chi connectivity index (χ1v) is 8.38. The third-order valence-corrected chi connectivity index (χ3v) is 4.07. The predicted octanol–water partition coefficient (Wildman–Crippen LogP) is 3.16. The van der Waals surface area contributed by atoms with Gasteiger partial charge in [-0.15, -0.1) is 0 Å². The Hall–Kier alpha value is -3.43. The molecule has 3 rings (SSSR count). The fourth-order valence-electron chi connectivity index (χ4n) is 2.78. The van der Waals surface area contributed by atoms with Gasteiger partial charge in [-0.25, -0.2) is 19.9 Å². The van der Waals surface area contributed by atoms with Gasteiger partial charge in [0.25, 0.3) is 0 Å². The van der Waals surface area contributed by atoms with Crippen molar-refractivity contribution in [2.75, 3.05) is 0 Å². The van der Waals surface area contributed by atoms with Crippen LogP contribution in [0.25, 0.3) is 16.7 Å².